The first-order valence-electron chi connectivity index (χ1n) is 7.45. The third-order valence-corrected chi connectivity index (χ3v) is 4.71. The van der Waals surface area contributed by atoms with Gasteiger partial charge in [0.2, 0.25) is 0 Å². The van der Waals surface area contributed by atoms with Crippen molar-refractivity contribution in [2.75, 3.05) is 12.4 Å². The largest absolute Gasteiger partial charge is 0.491 e. The van der Waals surface area contributed by atoms with Gasteiger partial charge in [-0.25, -0.2) is 0 Å². The number of rotatable bonds is 6. The molecule has 26 heavy (non-hydrogen) atoms. The zero-order valence-corrected chi connectivity index (χ0v) is 14.7. The highest BCUT2D eigenvalue weighted by molar-refractivity contribution is 7.99. The summed E-state index contributed by atoms with van der Waals surface area (Å²) in [6.45, 7) is 0.0440. The highest BCUT2D eigenvalue weighted by Crippen LogP contribution is 2.33. The lowest BCUT2D eigenvalue weighted by Crippen LogP contribution is -2.20. The second-order valence-corrected chi connectivity index (χ2v) is 6.73. The molecule has 0 aliphatic carbocycles. The quantitative estimate of drug-likeness (QED) is 0.632. The van der Waals surface area contributed by atoms with Crippen LogP contribution < -0.4 is 4.74 Å². The van der Waals surface area contributed by atoms with E-state index in [1.54, 1.807) is 24.3 Å². The molecule has 5 nitrogen and oxygen atoms in total. The van der Waals surface area contributed by atoms with E-state index in [0.29, 0.717) is 5.75 Å². The SMILES string of the molecule is O[C@@H](COc1ccccc1)CSc1nnc2c(Cl)cc(C(F)(F)F)cn12. The average Bonchev–Trinajstić information content (AvgIpc) is 3.02. The summed E-state index contributed by atoms with van der Waals surface area (Å²) in [7, 11) is 0. The Morgan fingerprint density at radius 1 is 1.23 bits per heavy atom. The summed E-state index contributed by atoms with van der Waals surface area (Å²) >= 11 is 6.92. The molecule has 1 N–H and O–H groups in total. The molecule has 0 radical (unpaired) electrons. The number of hydrogen-bond donors (Lipinski definition) is 1. The standard InChI is InChI=1S/C16H13ClF3N3O2S/c17-13-6-10(16(18,19)20)7-23-14(13)21-22-15(23)26-9-11(24)8-25-12-4-2-1-3-5-12/h1-7,11,24H,8-9H2/t11-/m0/s1. The Morgan fingerprint density at radius 3 is 2.65 bits per heavy atom. The van der Waals surface area contributed by atoms with Crippen molar-refractivity contribution >= 4 is 29.0 Å². The van der Waals surface area contributed by atoms with Gasteiger partial charge in [-0.3, -0.25) is 4.40 Å². The Morgan fingerprint density at radius 2 is 1.96 bits per heavy atom. The van der Waals surface area contributed by atoms with Crippen LogP contribution in [0, 0.1) is 0 Å². The van der Waals surface area contributed by atoms with Gasteiger partial charge in [0, 0.05) is 11.9 Å². The maximum absolute atomic E-state index is 12.9. The minimum absolute atomic E-state index is 0.0440. The van der Waals surface area contributed by atoms with Crippen LogP contribution in [0.1, 0.15) is 5.56 Å². The number of aliphatic hydroxyl groups excluding tert-OH is 1. The predicted molar refractivity (Wildman–Crippen MR) is 91.7 cm³/mol. The van der Waals surface area contributed by atoms with E-state index in [1.165, 1.54) is 4.40 Å². The van der Waals surface area contributed by atoms with Gasteiger partial charge in [0.1, 0.15) is 12.4 Å². The van der Waals surface area contributed by atoms with Crippen LogP contribution in [-0.2, 0) is 6.18 Å². The number of benzene rings is 1. The number of alkyl halides is 3. The Bertz CT molecular complexity index is 890. The molecule has 3 rings (SSSR count). The minimum atomic E-state index is -4.53. The van der Waals surface area contributed by atoms with Crippen LogP contribution in [0.5, 0.6) is 5.75 Å². The van der Waals surface area contributed by atoms with Crippen molar-refractivity contribution in [2.45, 2.75) is 17.4 Å². The fourth-order valence-corrected chi connectivity index (χ4v) is 3.18. The van der Waals surface area contributed by atoms with Crippen molar-refractivity contribution in [3.05, 3.63) is 53.2 Å². The van der Waals surface area contributed by atoms with Crippen molar-refractivity contribution in [3.8, 4) is 5.75 Å². The summed E-state index contributed by atoms with van der Waals surface area (Å²) in [5.41, 5.74) is -0.776. The molecular weight excluding hydrogens is 391 g/mol. The van der Waals surface area contributed by atoms with Crippen molar-refractivity contribution in [1.82, 2.24) is 14.6 Å². The van der Waals surface area contributed by atoms with E-state index in [0.717, 1.165) is 24.0 Å². The van der Waals surface area contributed by atoms with E-state index >= 15 is 0 Å². The predicted octanol–water partition coefficient (Wildman–Crippen LogP) is 3.93. The van der Waals surface area contributed by atoms with Gasteiger partial charge in [0.25, 0.3) is 0 Å². The highest BCUT2D eigenvalue weighted by atomic mass is 35.5. The molecule has 0 aliphatic heterocycles. The molecule has 0 spiro atoms. The highest BCUT2D eigenvalue weighted by Gasteiger charge is 2.32. The Kier molecular flexibility index (Phi) is 5.59. The molecule has 0 fully saturated rings. The summed E-state index contributed by atoms with van der Waals surface area (Å²) in [6, 6.07) is 9.78. The van der Waals surface area contributed by atoms with Crippen molar-refractivity contribution < 1.29 is 23.0 Å². The number of fused-ring (bicyclic) bond motifs is 1. The summed E-state index contributed by atoms with van der Waals surface area (Å²) < 4.78 is 45.4. The van der Waals surface area contributed by atoms with Crippen LogP contribution in [0.3, 0.4) is 0 Å². The van der Waals surface area contributed by atoms with Gasteiger partial charge in [-0.2, -0.15) is 13.2 Å². The van der Waals surface area contributed by atoms with Crippen LogP contribution in [0.2, 0.25) is 5.02 Å². The molecular formula is C16H13ClF3N3O2S. The third kappa shape index (κ3) is 4.40. The molecule has 0 saturated carbocycles. The molecule has 0 bridgehead atoms. The normalized spacial score (nSPS) is 13.1. The number of aliphatic hydroxyl groups is 1. The number of hydrogen-bond acceptors (Lipinski definition) is 5. The van der Waals surface area contributed by atoms with Gasteiger partial charge in [-0.05, 0) is 18.2 Å². The van der Waals surface area contributed by atoms with E-state index < -0.39 is 17.8 Å². The Balaban J connectivity index is 1.68. The van der Waals surface area contributed by atoms with E-state index in [9.17, 15) is 18.3 Å². The van der Waals surface area contributed by atoms with Crippen molar-refractivity contribution in [1.29, 1.82) is 0 Å². The Hall–Kier alpha value is -1.97. The van der Waals surface area contributed by atoms with Gasteiger partial charge in [-0.15, -0.1) is 10.2 Å². The molecule has 1 aromatic carbocycles. The molecule has 1 atom stereocenters. The lowest BCUT2D eigenvalue weighted by Gasteiger charge is -2.12. The zero-order chi connectivity index (χ0) is 18.7. The monoisotopic (exact) mass is 403 g/mol. The van der Waals surface area contributed by atoms with Gasteiger partial charge in [0.15, 0.2) is 10.8 Å². The first-order chi connectivity index (χ1) is 12.3. The average molecular weight is 404 g/mol. The molecule has 2 heterocycles. The minimum Gasteiger partial charge on any atom is -0.491 e. The topological polar surface area (TPSA) is 59.7 Å². The lowest BCUT2D eigenvalue weighted by molar-refractivity contribution is -0.137. The number of pyridine rings is 1. The third-order valence-electron chi connectivity index (χ3n) is 3.35. The van der Waals surface area contributed by atoms with Gasteiger partial charge < -0.3 is 9.84 Å². The van der Waals surface area contributed by atoms with E-state index in [2.05, 4.69) is 10.2 Å². The molecule has 10 heteroatoms. The van der Waals surface area contributed by atoms with Crippen LogP contribution in [0.15, 0.2) is 47.8 Å². The van der Waals surface area contributed by atoms with Gasteiger partial charge >= 0.3 is 6.18 Å². The number of nitrogens with zero attached hydrogens (tertiary/aromatic N) is 3. The molecule has 0 aliphatic rings. The lowest BCUT2D eigenvalue weighted by atomic mass is 10.3. The number of ether oxygens (including phenoxy) is 1. The summed E-state index contributed by atoms with van der Waals surface area (Å²) in [6.07, 6.45) is -4.49. The number of para-hydroxylation sites is 1. The smallest absolute Gasteiger partial charge is 0.417 e. The maximum Gasteiger partial charge on any atom is 0.417 e. The van der Waals surface area contributed by atoms with E-state index in [1.807, 2.05) is 6.07 Å². The van der Waals surface area contributed by atoms with Crippen LogP contribution in [-0.4, -0.2) is 38.2 Å². The number of aromatic nitrogens is 3. The molecule has 3 aromatic rings. The van der Waals surface area contributed by atoms with Gasteiger partial charge in [0.05, 0.1) is 16.7 Å². The van der Waals surface area contributed by atoms with Crippen LogP contribution in [0.25, 0.3) is 5.65 Å². The van der Waals surface area contributed by atoms with Gasteiger partial charge in [-0.1, -0.05) is 41.6 Å². The van der Waals surface area contributed by atoms with Crippen LogP contribution >= 0.6 is 23.4 Å². The Labute approximate surface area is 155 Å². The zero-order valence-electron chi connectivity index (χ0n) is 13.2. The van der Waals surface area contributed by atoms with E-state index in [-0.39, 0.29) is 28.2 Å². The summed E-state index contributed by atoms with van der Waals surface area (Å²) in [4.78, 5) is 0. The summed E-state index contributed by atoms with van der Waals surface area (Å²) in [5.74, 6) is 0.785. The fraction of sp³-hybridized carbons (Fsp3) is 0.250. The van der Waals surface area contributed by atoms with Crippen molar-refractivity contribution in [2.24, 2.45) is 0 Å². The first-order valence-corrected chi connectivity index (χ1v) is 8.81. The molecule has 0 saturated heterocycles. The second kappa shape index (κ2) is 7.73. The molecule has 2 aromatic heterocycles. The second-order valence-electron chi connectivity index (χ2n) is 5.34. The summed E-state index contributed by atoms with van der Waals surface area (Å²) in [5, 5.41) is 17.7. The molecule has 0 amide bonds. The molecule has 0 unspecified atom stereocenters. The van der Waals surface area contributed by atoms with E-state index in [4.69, 9.17) is 16.3 Å². The van der Waals surface area contributed by atoms with Crippen LogP contribution in [0.4, 0.5) is 13.2 Å². The fourth-order valence-electron chi connectivity index (χ4n) is 2.12. The maximum atomic E-state index is 12.9. The van der Waals surface area contributed by atoms with Crippen molar-refractivity contribution in [3.63, 3.8) is 0 Å². The first kappa shape index (κ1) is 18.8. The number of thioether (sulfide) groups is 1. The number of halogens is 4. The molecule has 138 valence electrons.